The Kier molecular flexibility index (Phi) is 5.37. The number of hydrogen-bond donors (Lipinski definition) is 1. The molecule has 0 amide bonds. The van der Waals surface area contributed by atoms with Crippen molar-refractivity contribution in [1.82, 2.24) is 0 Å². The van der Waals surface area contributed by atoms with E-state index in [2.05, 4.69) is 0 Å². The molecule has 1 N–H and O–H groups in total. The van der Waals surface area contributed by atoms with Gasteiger partial charge in [-0.3, -0.25) is 4.79 Å². The van der Waals surface area contributed by atoms with Gasteiger partial charge >= 0.3 is 17.8 Å². The molecule has 1 aromatic heterocycles. The smallest absolute Gasteiger partial charge is 0.416 e. The Morgan fingerprint density at radius 3 is 2.52 bits per heavy atom. The normalized spacial score (nSPS) is 11.6. The quantitative estimate of drug-likeness (QED) is 0.625. The maximum absolute atomic E-state index is 12.8. The number of rotatable bonds is 5. The molecule has 0 aliphatic carbocycles. The van der Waals surface area contributed by atoms with Gasteiger partial charge in [0.15, 0.2) is 0 Å². The minimum atomic E-state index is -4.44. The van der Waals surface area contributed by atoms with E-state index >= 15 is 0 Å². The maximum Gasteiger partial charge on any atom is 0.416 e. The molecular weight excluding hydrogens is 389 g/mol. The molecule has 5 nitrogen and oxygen atoms in total. The highest BCUT2D eigenvalue weighted by Gasteiger charge is 2.30. The van der Waals surface area contributed by atoms with Crippen molar-refractivity contribution in [2.45, 2.75) is 33.1 Å². The van der Waals surface area contributed by atoms with Crippen molar-refractivity contribution in [3.63, 3.8) is 0 Å². The van der Waals surface area contributed by atoms with Gasteiger partial charge in [-0.1, -0.05) is 12.1 Å². The fourth-order valence-corrected chi connectivity index (χ4v) is 3.08. The lowest BCUT2D eigenvalue weighted by atomic mass is 10.0. The fourth-order valence-electron chi connectivity index (χ4n) is 3.08. The van der Waals surface area contributed by atoms with Crippen molar-refractivity contribution in [2.24, 2.45) is 0 Å². The summed E-state index contributed by atoms with van der Waals surface area (Å²) in [5.74, 6) is -0.791. The predicted octanol–water partition coefficient (Wildman–Crippen LogP) is 4.63. The number of ether oxygens (including phenoxy) is 1. The molecule has 0 aliphatic heterocycles. The van der Waals surface area contributed by atoms with E-state index in [1.165, 1.54) is 12.1 Å². The Hall–Kier alpha value is -3.29. The Morgan fingerprint density at radius 2 is 1.86 bits per heavy atom. The number of benzene rings is 2. The number of hydrogen-bond acceptors (Lipinski definition) is 4. The molecule has 0 spiro atoms. The molecule has 1 heterocycles. The number of carbonyl (C=O) groups is 1. The van der Waals surface area contributed by atoms with Crippen LogP contribution in [0.15, 0.2) is 45.6 Å². The minimum Gasteiger partial charge on any atom is -0.488 e. The Labute approximate surface area is 163 Å². The van der Waals surface area contributed by atoms with Gasteiger partial charge in [0.1, 0.15) is 17.9 Å². The van der Waals surface area contributed by atoms with Gasteiger partial charge in [0.25, 0.3) is 0 Å². The first-order valence-corrected chi connectivity index (χ1v) is 8.64. The van der Waals surface area contributed by atoms with E-state index < -0.39 is 29.8 Å². The highest BCUT2D eigenvalue weighted by atomic mass is 19.4. The SMILES string of the molecule is Cc1c(CC(=O)O)c(=O)oc2c(C)c(OCc3cccc(C(F)(F)F)c3)ccc12. The number of fused-ring (bicyclic) bond motifs is 1. The molecular formula is C21H17F3O5. The average Bonchev–Trinajstić information content (AvgIpc) is 2.64. The summed E-state index contributed by atoms with van der Waals surface area (Å²) in [6, 6.07) is 8.07. The molecule has 0 atom stereocenters. The van der Waals surface area contributed by atoms with Crippen LogP contribution < -0.4 is 10.4 Å². The molecule has 3 rings (SSSR count). The Bertz CT molecular complexity index is 1150. The van der Waals surface area contributed by atoms with Crippen molar-refractivity contribution < 1.29 is 32.2 Å². The van der Waals surface area contributed by atoms with E-state index in [4.69, 9.17) is 14.3 Å². The van der Waals surface area contributed by atoms with Crippen LogP contribution in [0.4, 0.5) is 13.2 Å². The van der Waals surface area contributed by atoms with Gasteiger partial charge in [-0.25, -0.2) is 4.79 Å². The van der Waals surface area contributed by atoms with Gasteiger partial charge in [0, 0.05) is 10.9 Å². The third-order valence-corrected chi connectivity index (χ3v) is 4.63. The average molecular weight is 406 g/mol. The van der Waals surface area contributed by atoms with E-state index in [0.29, 0.717) is 27.8 Å². The molecule has 8 heteroatoms. The zero-order chi connectivity index (χ0) is 21.3. The van der Waals surface area contributed by atoms with Crippen LogP contribution in [-0.2, 0) is 24.0 Å². The number of carboxylic acids is 1. The van der Waals surface area contributed by atoms with Crippen molar-refractivity contribution in [3.05, 3.63) is 74.6 Å². The number of carboxylic acid groups (broad SMARTS) is 1. The van der Waals surface area contributed by atoms with Gasteiger partial charge in [0.05, 0.1) is 17.5 Å². The predicted molar refractivity (Wildman–Crippen MR) is 99.1 cm³/mol. The zero-order valence-electron chi connectivity index (χ0n) is 15.6. The number of aryl methyl sites for hydroxylation is 2. The second-order valence-corrected chi connectivity index (χ2v) is 6.62. The molecule has 0 saturated heterocycles. The second-order valence-electron chi connectivity index (χ2n) is 6.62. The summed E-state index contributed by atoms with van der Waals surface area (Å²) >= 11 is 0. The lowest BCUT2D eigenvalue weighted by molar-refractivity contribution is -0.138. The third-order valence-electron chi connectivity index (χ3n) is 4.63. The highest BCUT2D eigenvalue weighted by molar-refractivity contribution is 5.86. The highest BCUT2D eigenvalue weighted by Crippen LogP contribution is 2.32. The van der Waals surface area contributed by atoms with Gasteiger partial charge in [-0.05, 0) is 49.2 Å². The number of aliphatic carboxylic acids is 1. The van der Waals surface area contributed by atoms with Crippen LogP contribution in [-0.4, -0.2) is 11.1 Å². The summed E-state index contributed by atoms with van der Waals surface area (Å²) in [4.78, 5) is 23.2. The molecule has 152 valence electrons. The van der Waals surface area contributed by atoms with E-state index in [0.717, 1.165) is 12.1 Å². The summed E-state index contributed by atoms with van der Waals surface area (Å²) in [5.41, 5.74) is 0.165. The molecule has 0 fully saturated rings. The van der Waals surface area contributed by atoms with Gasteiger partial charge < -0.3 is 14.3 Å². The Morgan fingerprint density at radius 1 is 1.14 bits per heavy atom. The van der Waals surface area contributed by atoms with Crippen LogP contribution in [0.25, 0.3) is 11.0 Å². The van der Waals surface area contributed by atoms with E-state index in [1.54, 1.807) is 26.0 Å². The summed E-state index contributed by atoms with van der Waals surface area (Å²) in [7, 11) is 0. The maximum atomic E-state index is 12.8. The largest absolute Gasteiger partial charge is 0.488 e. The van der Waals surface area contributed by atoms with Crippen LogP contribution in [0.2, 0.25) is 0 Å². The van der Waals surface area contributed by atoms with Crippen molar-refractivity contribution in [1.29, 1.82) is 0 Å². The summed E-state index contributed by atoms with van der Waals surface area (Å²) in [6.45, 7) is 3.19. The van der Waals surface area contributed by atoms with Crippen molar-refractivity contribution >= 4 is 16.9 Å². The van der Waals surface area contributed by atoms with E-state index in [-0.39, 0.29) is 17.8 Å². The fraction of sp³-hybridized carbons (Fsp3) is 0.238. The lowest BCUT2D eigenvalue weighted by Crippen LogP contribution is -2.15. The van der Waals surface area contributed by atoms with Crippen LogP contribution in [0.1, 0.15) is 27.8 Å². The lowest BCUT2D eigenvalue weighted by Gasteiger charge is -2.14. The summed E-state index contributed by atoms with van der Waals surface area (Å²) in [6.07, 6.45) is -4.89. The Balaban J connectivity index is 1.93. The molecule has 2 aromatic carbocycles. The molecule has 0 bridgehead atoms. The zero-order valence-corrected chi connectivity index (χ0v) is 15.6. The minimum absolute atomic E-state index is 0.0713. The molecule has 0 saturated carbocycles. The second kappa shape index (κ2) is 7.62. The van der Waals surface area contributed by atoms with Crippen LogP contribution in [0, 0.1) is 13.8 Å². The van der Waals surface area contributed by atoms with E-state index in [9.17, 15) is 22.8 Å². The standard InChI is InChI=1S/C21H17F3O5/c1-11-15-6-7-17(12(2)19(15)29-20(27)16(11)9-18(25)26)28-10-13-4-3-5-14(8-13)21(22,23)24/h3-8H,9-10H2,1-2H3,(H,25,26). The monoisotopic (exact) mass is 406 g/mol. The van der Waals surface area contributed by atoms with Crippen LogP contribution in [0.5, 0.6) is 5.75 Å². The van der Waals surface area contributed by atoms with Crippen LogP contribution >= 0.6 is 0 Å². The van der Waals surface area contributed by atoms with Gasteiger partial charge in [-0.2, -0.15) is 13.2 Å². The molecule has 0 radical (unpaired) electrons. The molecule has 3 aromatic rings. The van der Waals surface area contributed by atoms with Crippen LogP contribution in [0.3, 0.4) is 0 Å². The topological polar surface area (TPSA) is 76.7 Å². The first kappa shape index (κ1) is 20.4. The van der Waals surface area contributed by atoms with Gasteiger partial charge in [-0.15, -0.1) is 0 Å². The summed E-state index contributed by atoms with van der Waals surface area (Å²) < 4.78 is 49.5. The number of alkyl halides is 3. The number of halogens is 3. The molecule has 0 unspecified atom stereocenters. The first-order chi connectivity index (χ1) is 13.6. The summed E-state index contributed by atoms with van der Waals surface area (Å²) in [5, 5.41) is 9.54. The molecule has 29 heavy (non-hydrogen) atoms. The third kappa shape index (κ3) is 4.26. The van der Waals surface area contributed by atoms with Gasteiger partial charge in [0.2, 0.25) is 0 Å². The van der Waals surface area contributed by atoms with E-state index in [1.807, 2.05) is 0 Å². The van der Waals surface area contributed by atoms with Crippen molar-refractivity contribution in [2.75, 3.05) is 0 Å². The first-order valence-electron chi connectivity index (χ1n) is 8.64. The molecule has 0 aliphatic rings. The van der Waals surface area contributed by atoms with Crippen molar-refractivity contribution in [3.8, 4) is 5.75 Å².